The van der Waals surface area contributed by atoms with Crippen LogP contribution in [0.5, 0.6) is 0 Å². The first-order chi connectivity index (χ1) is 15.6. The van der Waals surface area contributed by atoms with Gasteiger partial charge in [-0.1, -0.05) is 42.5 Å². The van der Waals surface area contributed by atoms with Crippen LogP contribution < -0.4 is 5.32 Å². The molecule has 0 aromatic heterocycles. The summed E-state index contributed by atoms with van der Waals surface area (Å²) in [6, 6.07) is 16.9. The van der Waals surface area contributed by atoms with Crippen LogP contribution in [-0.2, 0) is 16.1 Å². The van der Waals surface area contributed by atoms with Gasteiger partial charge in [-0.3, -0.25) is 24.2 Å². The van der Waals surface area contributed by atoms with E-state index in [2.05, 4.69) is 10.2 Å². The van der Waals surface area contributed by atoms with Gasteiger partial charge in [0.1, 0.15) is 0 Å². The highest BCUT2D eigenvalue weighted by molar-refractivity contribution is 8.18. The van der Waals surface area contributed by atoms with Crippen LogP contribution in [0.1, 0.15) is 21.5 Å². The van der Waals surface area contributed by atoms with Gasteiger partial charge >= 0.3 is 0 Å². The molecule has 0 radical (unpaired) electrons. The molecule has 2 saturated heterocycles. The van der Waals surface area contributed by atoms with Crippen molar-refractivity contribution in [2.75, 3.05) is 39.4 Å². The molecule has 2 fully saturated rings. The number of ether oxygens (including phenoxy) is 1. The van der Waals surface area contributed by atoms with Crippen molar-refractivity contribution in [2.45, 2.75) is 6.54 Å². The third-order valence-electron chi connectivity index (χ3n) is 5.29. The SMILES string of the molecule is O=C(NCCN1C(=O)S/C(=C/c2ccccc2)C1=O)c1cccc(CN2CCOCC2)c1. The van der Waals surface area contributed by atoms with Gasteiger partial charge in [0.2, 0.25) is 0 Å². The first-order valence-electron chi connectivity index (χ1n) is 10.6. The van der Waals surface area contributed by atoms with Gasteiger partial charge in [0.05, 0.1) is 18.1 Å². The Morgan fingerprint density at radius 1 is 1.06 bits per heavy atom. The normalized spacial score (nSPS) is 18.4. The smallest absolute Gasteiger partial charge is 0.293 e. The molecule has 2 aliphatic heterocycles. The van der Waals surface area contributed by atoms with Crippen molar-refractivity contribution in [2.24, 2.45) is 0 Å². The van der Waals surface area contributed by atoms with Crippen molar-refractivity contribution in [3.05, 3.63) is 76.2 Å². The van der Waals surface area contributed by atoms with Crippen molar-refractivity contribution in [1.29, 1.82) is 0 Å². The van der Waals surface area contributed by atoms with Crippen LogP contribution in [-0.4, -0.2) is 66.2 Å². The summed E-state index contributed by atoms with van der Waals surface area (Å²) in [5.74, 6) is -0.550. The number of nitrogens with one attached hydrogen (secondary N) is 1. The number of benzene rings is 2. The van der Waals surface area contributed by atoms with Gasteiger partial charge in [-0.05, 0) is 41.1 Å². The maximum Gasteiger partial charge on any atom is 0.293 e. The molecule has 2 aliphatic rings. The number of nitrogens with zero attached hydrogens (tertiary/aromatic N) is 2. The van der Waals surface area contributed by atoms with Crippen LogP contribution in [0.3, 0.4) is 0 Å². The Labute approximate surface area is 191 Å². The predicted octanol–water partition coefficient (Wildman–Crippen LogP) is 2.99. The number of hydrogen-bond acceptors (Lipinski definition) is 6. The zero-order chi connectivity index (χ0) is 22.3. The van der Waals surface area contributed by atoms with Gasteiger partial charge in [0.15, 0.2) is 0 Å². The molecule has 0 bridgehead atoms. The Morgan fingerprint density at radius 2 is 1.84 bits per heavy atom. The molecule has 2 aromatic carbocycles. The Kier molecular flexibility index (Phi) is 7.36. The van der Waals surface area contributed by atoms with Gasteiger partial charge in [-0.2, -0.15) is 0 Å². The first-order valence-corrected chi connectivity index (χ1v) is 11.4. The summed E-state index contributed by atoms with van der Waals surface area (Å²) in [5.41, 5.74) is 2.49. The lowest BCUT2D eigenvalue weighted by Gasteiger charge is -2.26. The Morgan fingerprint density at radius 3 is 2.62 bits per heavy atom. The standard InChI is InChI=1S/C24H25N3O4S/c28-22(20-8-4-7-19(15-20)17-26-11-13-31-14-12-26)25-9-10-27-23(29)21(32-24(27)30)16-18-5-2-1-3-6-18/h1-8,15-16H,9-14,17H2,(H,25,28)/b21-16+. The van der Waals surface area contributed by atoms with E-state index in [9.17, 15) is 14.4 Å². The van der Waals surface area contributed by atoms with E-state index < -0.39 is 0 Å². The number of carbonyl (C=O) groups is 3. The maximum absolute atomic E-state index is 12.6. The summed E-state index contributed by atoms with van der Waals surface area (Å²) in [7, 11) is 0. The molecule has 8 heteroatoms. The van der Waals surface area contributed by atoms with Crippen LogP contribution >= 0.6 is 11.8 Å². The van der Waals surface area contributed by atoms with Gasteiger partial charge in [0, 0.05) is 38.3 Å². The number of imide groups is 1. The lowest BCUT2D eigenvalue weighted by Crippen LogP contribution is -2.37. The molecule has 7 nitrogen and oxygen atoms in total. The van der Waals surface area contributed by atoms with Gasteiger partial charge in [0.25, 0.3) is 17.1 Å². The molecular formula is C24H25N3O4S. The molecule has 2 aromatic rings. The highest BCUT2D eigenvalue weighted by Gasteiger charge is 2.34. The van der Waals surface area contributed by atoms with Crippen molar-refractivity contribution >= 4 is 34.9 Å². The molecule has 0 saturated carbocycles. The van der Waals surface area contributed by atoms with E-state index in [0.717, 1.165) is 55.7 Å². The molecule has 0 aliphatic carbocycles. The van der Waals surface area contributed by atoms with Crippen LogP contribution in [0.2, 0.25) is 0 Å². The van der Waals surface area contributed by atoms with E-state index in [0.29, 0.717) is 10.5 Å². The molecule has 32 heavy (non-hydrogen) atoms. The summed E-state index contributed by atoms with van der Waals surface area (Å²) in [6.45, 7) is 4.33. The predicted molar refractivity (Wildman–Crippen MR) is 124 cm³/mol. The van der Waals surface area contributed by atoms with E-state index in [1.54, 1.807) is 12.1 Å². The summed E-state index contributed by atoms with van der Waals surface area (Å²) in [5, 5.41) is 2.49. The summed E-state index contributed by atoms with van der Waals surface area (Å²) in [4.78, 5) is 41.3. The fourth-order valence-corrected chi connectivity index (χ4v) is 4.47. The van der Waals surface area contributed by atoms with E-state index in [-0.39, 0.29) is 30.1 Å². The Balaban J connectivity index is 1.30. The summed E-state index contributed by atoms with van der Waals surface area (Å²) in [6.07, 6.45) is 1.71. The molecule has 0 atom stereocenters. The number of morpholine rings is 1. The summed E-state index contributed by atoms with van der Waals surface area (Å²) < 4.78 is 5.37. The van der Waals surface area contributed by atoms with Gasteiger partial charge < -0.3 is 10.1 Å². The number of rotatable bonds is 7. The van der Waals surface area contributed by atoms with Crippen molar-refractivity contribution < 1.29 is 19.1 Å². The lowest BCUT2D eigenvalue weighted by molar-refractivity contribution is -0.122. The second kappa shape index (κ2) is 10.6. The van der Waals surface area contributed by atoms with Crippen molar-refractivity contribution in [3.63, 3.8) is 0 Å². The number of hydrogen-bond donors (Lipinski definition) is 1. The highest BCUT2D eigenvalue weighted by atomic mass is 32.2. The minimum absolute atomic E-state index is 0.135. The van der Waals surface area contributed by atoms with E-state index in [1.165, 1.54) is 4.90 Å². The fraction of sp³-hybridized carbons (Fsp3) is 0.292. The van der Waals surface area contributed by atoms with Crippen LogP contribution in [0.25, 0.3) is 6.08 Å². The lowest BCUT2D eigenvalue weighted by atomic mass is 10.1. The fourth-order valence-electron chi connectivity index (χ4n) is 3.61. The largest absolute Gasteiger partial charge is 0.379 e. The topological polar surface area (TPSA) is 79.0 Å². The number of amides is 3. The van der Waals surface area contributed by atoms with Crippen LogP contribution in [0, 0.1) is 0 Å². The molecule has 2 heterocycles. The van der Waals surface area contributed by atoms with E-state index in [1.807, 2.05) is 48.5 Å². The third kappa shape index (κ3) is 5.64. The number of thioether (sulfide) groups is 1. The van der Waals surface area contributed by atoms with E-state index >= 15 is 0 Å². The molecule has 3 amide bonds. The number of carbonyl (C=O) groups excluding carboxylic acids is 3. The Hall–Kier alpha value is -2.94. The minimum atomic E-state index is -0.328. The maximum atomic E-state index is 12.6. The molecule has 0 spiro atoms. The molecular weight excluding hydrogens is 426 g/mol. The van der Waals surface area contributed by atoms with Crippen molar-refractivity contribution in [1.82, 2.24) is 15.1 Å². The van der Waals surface area contributed by atoms with Gasteiger partial charge in [-0.25, -0.2) is 0 Å². The first kappa shape index (κ1) is 22.3. The van der Waals surface area contributed by atoms with E-state index in [4.69, 9.17) is 4.74 Å². The second-order valence-electron chi connectivity index (χ2n) is 7.59. The van der Waals surface area contributed by atoms with Gasteiger partial charge in [-0.15, -0.1) is 0 Å². The molecule has 4 rings (SSSR count). The zero-order valence-electron chi connectivity index (χ0n) is 17.7. The average Bonchev–Trinajstić information content (AvgIpc) is 3.08. The summed E-state index contributed by atoms with van der Waals surface area (Å²) >= 11 is 0.923. The highest BCUT2D eigenvalue weighted by Crippen LogP contribution is 2.31. The van der Waals surface area contributed by atoms with Crippen LogP contribution in [0.4, 0.5) is 4.79 Å². The monoisotopic (exact) mass is 451 g/mol. The quantitative estimate of drug-likeness (QED) is 0.652. The average molecular weight is 452 g/mol. The van der Waals surface area contributed by atoms with Crippen LogP contribution in [0.15, 0.2) is 59.5 Å². The molecule has 1 N–H and O–H groups in total. The third-order valence-corrected chi connectivity index (χ3v) is 6.20. The second-order valence-corrected chi connectivity index (χ2v) is 8.58. The minimum Gasteiger partial charge on any atom is -0.379 e. The Bertz CT molecular complexity index is 1020. The molecule has 0 unspecified atom stereocenters. The molecule has 166 valence electrons. The zero-order valence-corrected chi connectivity index (χ0v) is 18.5. The van der Waals surface area contributed by atoms with Crippen molar-refractivity contribution in [3.8, 4) is 0 Å².